The van der Waals surface area contributed by atoms with Crippen molar-refractivity contribution in [2.75, 3.05) is 19.7 Å². The van der Waals surface area contributed by atoms with E-state index in [0.717, 1.165) is 37.5 Å². The zero-order chi connectivity index (χ0) is 12.1. The molecule has 4 heteroatoms. The van der Waals surface area contributed by atoms with Crippen molar-refractivity contribution >= 4 is 6.09 Å². The molecule has 2 aliphatic carbocycles. The maximum Gasteiger partial charge on any atom is 0.407 e. The molecule has 0 aromatic rings. The highest BCUT2D eigenvalue weighted by Crippen LogP contribution is 2.52. The fraction of sp³-hybridized carbons (Fsp3) is 0.769. The Labute approximate surface area is 102 Å². The second-order valence-electron chi connectivity index (χ2n) is 4.74. The van der Waals surface area contributed by atoms with E-state index >= 15 is 0 Å². The van der Waals surface area contributed by atoms with Crippen molar-refractivity contribution < 1.29 is 9.53 Å². The van der Waals surface area contributed by atoms with Crippen LogP contribution in [0.5, 0.6) is 0 Å². The molecule has 0 aliphatic heterocycles. The highest BCUT2D eigenvalue weighted by atomic mass is 16.5. The zero-order valence-electron chi connectivity index (χ0n) is 10.1. The summed E-state index contributed by atoms with van der Waals surface area (Å²) in [7, 11) is 0. The number of carbonyl (C=O) groups excluding carboxylic acids is 1. The number of rotatable bonds is 4. The average molecular weight is 236 g/mol. The van der Waals surface area contributed by atoms with Gasteiger partial charge in [-0.15, -0.1) is 11.8 Å². The van der Waals surface area contributed by atoms with Gasteiger partial charge in [0, 0.05) is 25.9 Å². The van der Waals surface area contributed by atoms with Crippen LogP contribution in [0.25, 0.3) is 0 Å². The second-order valence-corrected chi connectivity index (χ2v) is 4.74. The molecule has 3 N–H and O–H groups in total. The Morgan fingerprint density at radius 2 is 1.94 bits per heavy atom. The molecule has 2 atom stereocenters. The third kappa shape index (κ3) is 3.37. The van der Waals surface area contributed by atoms with Crippen molar-refractivity contribution in [1.82, 2.24) is 5.32 Å². The zero-order valence-corrected chi connectivity index (χ0v) is 10.1. The molecule has 94 valence electrons. The quantitative estimate of drug-likeness (QED) is 0.719. The summed E-state index contributed by atoms with van der Waals surface area (Å²) in [6, 6.07) is 0. The van der Waals surface area contributed by atoms with Crippen molar-refractivity contribution in [3.8, 4) is 11.8 Å². The number of amides is 1. The third-order valence-electron chi connectivity index (χ3n) is 3.66. The smallest absolute Gasteiger partial charge is 0.407 e. The lowest BCUT2D eigenvalue weighted by Gasteiger charge is -2.05. The minimum atomic E-state index is -0.342. The van der Waals surface area contributed by atoms with E-state index in [2.05, 4.69) is 17.2 Å². The van der Waals surface area contributed by atoms with Crippen LogP contribution >= 0.6 is 0 Å². The van der Waals surface area contributed by atoms with Crippen LogP contribution in [0.4, 0.5) is 4.79 Å². The van der Waals surface area contributed by atoms with Crippen LogP contribution in [0, 0.1) is 29.6 Å². The van der Waals surface area contributed by atoms with Gasteiger partial charge in [-0.3, -0.25) is 0 Å². The Morgan fingerprint density at radius 1 is 1.29 bits per heavy atom. The highest BCUT2D eigenvalue weighted by Gasteiger charge is 2.49. The molecule has 1 fully saturated rings. The molecular weight excluding hydrogens is 216 g/mol. The van der Waals surface area contributed by atoms with Crippen LogP contribution in [-0.2, 0) is 4.74 Å². The lowest BCUT2D eigenvalue weighted by Crippen LogP contribution is -2.30. The summed E-state index contributed by atoms with van der Waals surface area (Å²) in [6.07, 6.45) is 3.98. The van der Waals surface area contributed by atoms with E-state index < -0.39 is 0 Å². The largest absolute Gasteiger partial charge is 0.449 e. The molecule has 0 heterocycles. The van der Waals surface area contributed by atoms with Gasteiger partial charge < -0.3 is 15.8 Å². The summed E-state index contributed by atoms with van der Waals surface area (Å²) < 4.78 is 5.20. The third-order valence-corrected chi connectivity index (χ3v) is 3.66. The highest BCUT2D eigenvalue weighted by molar-refractivity contribution is 5.67. The molecule has 4 nitrogen and oxygen atoms in total. The number of nitrogens with two attached hydrogens (primary N) is 1. The molecule has 0 bridgehead atoms. The van der Waals surface area contributed by atoms with Crippen LogP contribution < -0.4 is 11.1 Å². The maximum absolute atomic E-state index is 11.3. The molecule has 0 aromatic carbocycles. The molecule has 2 unspecified atom stereocenters. The molecule has 2 aliphatic rings. The number of ether oxygens (including phenoxy) is 1. The van der Waals surface area contributed by atoms with Gasteiger partial charge in [-0.25, -0.2) is 4.79 Å². The summed E-state index contributed by atoms with van der Waals surface area (Å²) in [5, 5.41) is 2.61. The fourth-order valence-corrected chi connectivity index (χ4v) is 2.68. The number of alkyl carbamates (subject to hydrolysis) is 1. The van der Waals surface area contributed by atoms with E-state index in [1.165, 1.54) is 0 Å². The van der Waals surface area contributed by atoms with E-state index in [1.807, 2.05) is 0 Å². The first-order chi connectivity index (χ1) is 8.33. The monoisotopic (exact) mass is 236 g/mol. The van der Waals surface area contributed by atoms with Crippen molar-refractivity contribution in [1.29, 1.82) is 0 Å². The molecule has 17 heavy (non-hydrogen) atoms. The standard InChI is InChI=1S/C13H20N2O2/c14-7-8-15-13(16)17-9-12-10-5-3-1-2-4-6-11(10)12/h10-12H,3-9,14H2,(H,15,16). The van der Waals surface area contributed by atoms with Crippen LogP contribution in [0.3, 0.4) is 0 Å². The van der Waals surface area contributed by atoms with Gasteiger partial charge in [0.1, 0.15) is 0 Å². The molecule has 0 aromatic heterocycles. The Morgan fingerprint density at radius 3 is 2.53 bits per heavy atom. The predicted octanol–water partition coefficient (Wildman–Crippen LogP) is 1.11. The number of carbonyl (C=O) groups is 1. The Balaban J connectivity index is 1.66. The minimum Gasteiger partial charge on any atom is -0.449 e. The number of nitrogens with one attached hydrogen (secondary N) is 1. The van der Waals surface area contributed by atoms with Gasteiger partial charge in [-0.05, 0) is 30.6 Å². The molecule has 0 saturated heterocycles. The average Bonchev–Trinajstić information content (AvgIpc) is 2.94. The van der Waals surface area contributed by atoms with E-state index in [9.17, 15) is 4.79 Å². The molecule has 1 saturated carbocycles. The first-order valence-electron chi connectivity index (χ1n) is 6.39. The second kappa shape index (κ2) is 5.92. The van der Waals surface area contributed by atoms with Gasteiger partial charge in [0.2, 0.25) is 0 Å². The van der Waals surface area contributed by atoms with Gasteiger partial charge in [0.15, 0.2) is 0 Å². The summed E-state index contributed by atoms with van der Waals surface area (Å²) in [5.74, 6) is 8.36. The molecule has 2 rings (SSSR count). The summed E-state index contributed by atoms with van der Waals surface area (Å²) >= 11 is 0. The van der Waals surface area contributed by atoms with Crippen molar-refractivity contribution in [2.45, 2.75) is 25.7 Å². The van der Waals surface area contributed by atoms with Gasteiger partial charge in [0.25, 0.3) is 0 Å². The lowest BCUT2D eigenvalue weighted by molar-refractivity contribution is 0.138. The van der Waals surface area contributed by atoms with Crippen molar-refractivity contribution in [2.24, 2.45) is 23.5 Å². The maximum atomic E-state index is 11.3. The summed E-state index contributed by atoms with van der Waals surface area (Å²) in [4.78, 5) is 11.3. The SMILES string of the molecule is NCCNC(=O)OCC1C2CCC#CCCC21. The Kier molecular flexibility index (Phi) is 4.27. The van der Waals surface area contributed by atoms with Gasteiger partial charge >= 0.3 is 6.09 Å². The topological polar surface area (TPSA) is 64.3 Å². The van der Waals surface area contributed by atoms with E-state index in [0.29, 0.717) is 25.6 Å². The normalized spacial score (nSPS) is 30.1. The Hall–Kier alpha value is -1.21. The van der Waals surface area contributed by atoms with Crippen LogP contribution in [0.1, 0.15) is 25.7 Å². The first-order valence-corrected chi connectivity index (χ1v) is 6.39. The van der Waals surface area contributed by atoms with Crippen LogP contribution in [0.15, 0.2) is 0 Å². The molecule has 0 spiro atoms. The van der Waals surface area contributed by atoms with Crippen LogP contribution in [-0.4, -0.2) is 25.8 Å². The molecule has 0 radical (unpaired) electrons. The van der Waals surface area contributed by atoms with Gasteiger partial charge in [-0.2, -0.15) is 0 Å². The number of fused-ring (bicyclic) bond motifs is 1. The van der Waals surface area contributed by atoms with Gasteiger partial charge in [0.05, 0.1) is 6.61 Å². The van der Waals surface area contributed by atoms with Crippen molar-refractivity contribution in [3.05, 3.63) is 0 Å². The first kappa shape index (κ1) is 12.3. The number of hydrogen-bond donors (Lipinski definition) is 2. The van der Waals surface area contributed by atoms with Crippen molar-refractivity contribution in [3.63, 3.8) is 0 Å². The predicted molar refractivity (Wildman–Crippen MR) is 65.1 cm³/mol. The van der Waals surface area contributed by atoms with Gasteiger partial charge in [-0.1, -0.05) is 0 Å². The number of hydrogen-bond acceptors (Lipinski definition) is 3. The minimum absolute atomic E-state index is 0.342. The summed E-state index contributed by atoms with van der Waals surface area (Å²) in [6.45, 7) is 1.47. The van der Waals surface area contributed by atoms with E-state index in [4.69, 9.17) is 10.5 Å². The molecular formula is C13H20N2O2. The lowest BCUT2D eigenvalue weighted by atomic mass is 10.1. The summed E-state index contributed by atoms with van der Waals surface area (Å²) in [5.41, 5.74) is 5.29. The van der Waals surface area contributed by atoms with E-state index in [1.54, 1.807) is 0 Å². The Bertz CT molecular complexity index is 314. The molecule has 1 amide bonds. The van der Waals surface area contributed by atoms with E-state index in [-0.39, 0.29) is 6.09 Å². The fourth-order valence-electron chi connectivity index (χ4n) is 2.68. The van der Waals surface area contributed by atoms with Crippen LogP contribution in [0.2, 0.25) is 0 Å².